The Morgan fingerprint density at radius 1 is 1.45 bits per heavy atom. The van der Waals surface area contributed by atoms with Gasteiger partial charge in [0.1, 0.15) is 5.82 Å². The lowest BCUT2D eigenvalue weighted by molar-refractivity contribution is -0.136. The van der Waals surface area contributed by atoms with Crippen LogP contribution in [-0.4, -0.2) is 28.0 Å². The van der Waals surface area contributed by atoms with Crippen molar-refractivity contribution in [2.75, 3.05) is 5.75 Å². The Morgan fingerprint density at radius 3 is 2.75 bits per heavy atom. The normalized spacial score (nSPS) is 11.9. The molecule has 6 heteroatoms. The van der Waals surface area contributed by atoms with Crippen LogP contribution in [0.15, 0.2) is 18.2 Å². The van der Waals surface area contributed by atoms with Crippen molar-refractivity contribution in [1.82, 2.24) is 5.32 Å². The number of halogens is 1. The van der Waals surface area contributed by atoms with E-state index in [1.54, 1.807) is 26.0 Å². The first kappa shape index (κ1) is 16.5. The molecule has 1 rings (SSSR count). The SMILES string of the molecule is Cc1ccc(CNC(=O)CSC(C)CC(=O)O)cc1F. The summed E-state index contributed by atoms with van der Waals surface area (Å²) in [7, 11) is 0. The van der Waals surface area contributed by atoms with Crippen molar-refractivity contribution in [2.45, 2.75) is 32.1 Å². The maximum absolute atomic E-state index is 13.3. The average Bonchev–Trinajstić information content (AvgIpc) is 2.37. The van der Waals surface area contributed by atoms with Crippen LogP contribution in [0.2, 0.25) is 0 Å². The zero-order valence-electron chi connectivity index (χ0n) is 11.5. The van der Waals surface area contributed by atoms with Gasteiger partial charge in [0.15, 0.2) is 0 Å². The molecule has 0 aliphatic rings. The summed E-state index contributed by atoms with van der Waals surface area (Å²) in [5.41, 5.74) is 1.27. The van der Waals surface area contributed by atoms with Crippen molar-refractivity contribution in [3.05, 3.63) is 35.1 Å². The lowest BCUT2D eigenvalue weighted by Gasteiger charge is -2.09. The number of aryl methyl sites for hydroxylation is 1. The summed E-state index contributed by atoms with van der Waals surface area (Å²) < 4.78 is 13.3. The molecule has 0 bridgehead atoms. The molecule has 1 aromatic carbocycles. The monoisotopic (exact) mass is 299 g/mol. The van der Waals surface area contributed by atoms with E-state index in [2.05, 4.69) is 5.32 Å². The van der Waals surface area contributed by atoms with E-state index >= 15 is 0 Å². The number of carboxylic acid groups (broad SMARTS) is 1. The fourth-order valence-corrected chi connectivity index (χ4v) is 2.32. The molecule has 0 aliphatic heterocycles. The molecule has 1 amide bonds. The minimum Gasteiger partial charge on any atom is -0.481 e. The van der Waals surface area contributed by atoms with Crippen molar-refractivity contribution in [3.8, 4) is 0 Å². The standard InChI is InChI=1S/C14H18FNO3S/c1-9-3-4-11(6-12(9)15)7-16-13(17)8-20-10(2)5-14(18)19/h3-4,6,10H,5,7-8H2,1-2H3,(H,16,17)(H,18,19). The molecule has 4 nitrogen and oxygen atoms in total. The Kier molecular flexibility index (Phi) is 6.51. The van der Waals surface area contributed by atoms with E-state index in [1.807, 2.05) is 0 Å². The third-order valence-corrected chi connectivity index (χ3v) is 3.85. The summed E-state index contributed by atoms with van der Waals surface area (Å²) in [5.74, 6) is -1.15. The number of hydrogen-bond acceptors (Lipinski definition) is 3. The van der Waals surface area contributed by atoms with Crippen molar-refractivity contribution < 1.29 is 19.1 Å². The third-order valence-electron chi connectivity index (χ3n) is 2.69. The first-order chi connectivity index (χ1) is 9.38. The van der Waals surface area contributed by atoms with Gasteiger partial charge in [0, 0.05) is 11.8 Å². The highest BCUT2D eigenvalue weighted by molar-refractivity contribution is 8.00. The van der Waals surface area contributed by atoms with Crippen LogP contribution in [0.25, 0.3) is 0 Å². The second kappa shape index (κ2) is 7.89. The molecule has 0 saturated heterocycles. The van der Waals surface area contributed by atoms with Gasteiger partial charge in [0.2, 0.25) is 5.91 Å². The molecule has 0 spiro atoms. The van der Waals surface area contributed by atoms with E-state index in [-0.39, 0.29) is 35.7 Å². The minimum atomic E-state index is -0.875. The number of nitrogens with one attached hydrogen (secondary N) is 1. The molecule has 0 saturated carbocycles. The molecule has 0 heterocycles. The molecular weight excluding hydrogens is 281 g/mol. The number of rotatable bonds is 7. The highest BCUT2D eigenvalue weighted by Crippen LogP contribution is 2.13. The number of hydrogen-bond donors (Lipinski definition) is 2. The van der Waals surface area contributed by atoms with Gasteiger partial charge in [-0.1, -0.05) is 19.1 Å². The molecule has 110 valence electrons. The molecule has 1 unspecified atom stereocenters. The van der Waals surface area contributed by atoms with Crippen LogP contribution in [0.4, 0.5) is 4.39 Å². The van der Waals surface area contributed by atoms with Crippen molar-refractivity contribution in [3.63, 3.8) is 0 Å². The lowest BCUT2D eigenvalue weighted by atomic mass is 10.1. The molecule has 0 aliphatic carbocycles. The Bertz CT molecular complexity index is 493. The topological polar surface area (TPSA) is 66.4 Å². The second-order valence-corrected chi connectivity index (χ2v) is 6.01. The summed E-state index contributed by atoms with van der Waals surface area (Å²) >= 11 is 1.29. The van der Waals surface area contributed by atoms with Gasteiger partial charge in [-0.15, -0.1) is 11.8 Å². The fourth-order valence-electron chi connectivity index (χ4n) is 1.52. The molecule has 2 N–H and O–H groups in total. The first-order valence-corrected chi connectivity index (χ1v) is 7.28. The van der Waals surface area contributed by atoms with Gasteiger partial charge < -0.3 is 10.4 Å². The Morgan fingerprint density at radius 2 is 2.15 bits per heavy atom. The Hall–Kier alpha value is -1.56. The van der Waals surface area contributed by atoms with Crippen LogP contribution in [0.1, 0.15) is 24.5 Å². The molecule has 0 aromatic heterocycles. The van der Waals surface area contributed by atoms with Crippen LogP contribution in [0, 0.1) is 12.7 Å². The van der Waals surface area contributed by atoms with Crippen LogP contribution >= 0.6 is 11.8 Å². The Balaban J connectivity index is 2.32. The van der Waals surface area contributed by atoms with Crippen LogP contribution in [0.3, 0.4) is 0 Å². The highest BCUT2D eigenvalue weighted by atomic mass is 32.2. The number of carboxylic acids is 1. The van der Waals surface area contributed by atoms with Gasteiger partial charge in [0.05, 0.1) is 12.2 Å². The number of aliphatic carboxylic acids is 1. The number of carbonyl (C=O) groups is 2. The number of amides is 1. The smallest absolute Gasteiger partial charge is 0.304 e. The van der Waals surface area contributed by atoms with Gasteiger partial charge in [0.25, 0.3) is 0 Å². The highest BCUT2D eigenvalue weighted by Gasteiger charge is 2.10. The predicted octanol–water partition coefficient (Wildman–Crippen LogP) is 2.35. The van der Waals surface area contributed by atoms with Crippen LogP contribution in [-0.2, 0) is 16.1 Å². The van der Waals surface area contributed by atoms with E-state index in [0.29, 0.717) is 11.1 Å². The van der Waals surface area contributed by atoms with E-state index < -0.39 is 5.97 Å². The van der Waals surface area contributed by atoms with Gasteiger partial charge in [-0.2, -0.15) is 0 Å². The molecule has 1 aromatic rings. The summed E-state index contributed by atoms with van der Waals surface area (Å²) in [6.07, 6.45) is 0.0289. The predicted molar refractivity (Wildman–Crippen MR) is 77.2 cm³/mol. The lowest BCUT2D eigenvalue weighted by Crippen LogP contribution is -2.25. The molecule has 0 fully saturated rings. The second-order valence-electron chi connectivity index (χ2n) is 4.58. The largest absolute Gasteiger partial charge is 0.481 e. The molecular formula is C14H18FNO3S. The number of thioether (sulfide) groups is 1. The summed E-state index contributed by atoms with van der Waals surface area (Å²) in [6.45, 7) is 3.71. The molecule has 1 atom stereocenters. The van der Waals surface area contributed by atoms with Crippen LogP contribution in [0.5, 0.6) is 0 Å². The van der Waals surface area contributed by atoms with Gasteiger partial charge in [-0.25, -0.2) is 4.39 Å². The molecule has 20 heavy (non-hydrogen) atoms. The quantitative estimate of drug-likeness (QED) is 0.811. The maximum atomic E-state index is 13.3. The van der Waals surface area contributed by atoms with Gasteiger partial charge in [-0.3, -0.25) is 9.59 Å². The van der Waals surface area contributed by atoms with Gasteiger partial charge >= 0.3 is 5.97 Å². The average molecular weight is 299 g/mol. The van der Waals surface area contributed by atoms with Crippen molar-refractivity contribution in [2.24, 2.45) is 0 Å². The Labute approximate surface area is 121 Å². The zero-order valence-corrected chi connectivity index (χ0v) is 12.3. The fraction of sp³-hybridized carbons (Fsp3) is 0.429. The van der Waals surface area contributed by atoms with E-state index in [0.717, 1.165) is 0 Å². The summed E-state index contributed by atoms with van der Waals surface area (Å²) in [4.78, 5) is 22.1. The zero-order chi connectivity index (χ0) is 15.1. The summed E-state index contributed by atoms with van der Waals surface area (Å²) in [6, 6.07) is 4.83. The number of benzene rings is 1. The third kappa shape index (κ3) is 6.06. The summed E-state index contributed by atoms with van der Waals surface area (Å²) in [5, 5.41) is 11.2. The van der Waals surface area contributed by atoms with Gasteiger partial charge in [-0.05, 0) is 24.1 Å². The number of carbonyl (C=O) groups excluding carboxylic acids is 1. The van der Waals surface area contributed by atoms with Crippen molar-refractivity contribution >= 4 is 23.6 Å². The van der Waals surface area contributed by atoms with E-state index in [4.69, 9.17) is 5.11 Å². The van der Waals surface area contributed by atoms with E-state index in [1.165, 1.54) is 17.8 Å². The van der Waals surface area contributed by atoms with Crippen molar-refractivity contribution in [1.29, 1.82) is 0 Å². The van der Waals surface area contributed by atoms with Crippen LogP contribution < -0.4 is 5.32 Å². The first-order valence-electron chi connectivity index (χ1n) is 6.23. The molecule has 0 radical (unpaired) electrons. The van der Waals surface area contributed by atoms with E-state index in [9.17, 15) is 14.0 Å². The maximum Gasteiger partial charge on any atom is 0.304 e. The minimum absolute atomic E-state index is 0.0289.